The second-order valence-corrected chi connectivity index (χ2v) is 13.6. The summed E-state index contributed by atoms with van der Waals surface area (Å²) in [6.45, 7) is 14.9. The van der Waals surface area contributed by atoms with Crippen molar-refractivity contribution in [3.8, 4) is 16.9 Å². The Bertz CT molecular complexity index is 1840. The average molecular weight is 613 g/mol. The van der Waals surface area contributed by atoms with Gasteiger partial charge in [-0.3, -0.25) is 4.98 Å². The predicted molar refractivity (Wildman–Crippen MR) is 174 cm³/mol. The molecule has 9 nitrogen and oxygen atoms in total. The van der Waals surface area contributed by atoms with E-state index < -0.39 is 11.3 Å². The molecule has 0 N–H and O–H groups in total. The molecule has 0 radical (unpaired) electrons. The van der Waals surface area contributed by atoms with Crippen molar-refractivity contribution in [2.45, 2.75) is 84.8 Å². The van der Waals surface area contributed by atoms with E-state index in [2.05, 4.69) is 16.0 Å². The maximum atomic E-state index is 15.3. The van der Waals surface area contributed by atoms with Crippen LogP contribution >= 0.6 is 0 Å². The third-order valence-corrected chi connectivity index (χ3v) is 8.50. The predicted octanol–water partition coefficient (Wildman–Crippen LogP) is 6.74. The number of fused-ring (bicyclic) bond motifs is 1. The maximum absolute atomic E-state index is 15.3. The molecule has 2 aliphatic rings. The van der Waals surface area contributed by atoms with E-state index in [1.54, 1.807) is 33.9 Å². The Morgan fingerprint density at radius 1 is 1.09 bits per heavy atom. The molecule has 6 rings (SSSR count). The molecule has 236 valence electrons. The summed E-state index contributed by atoms with van der Waals surface area (Å²) in [5, 5.41) is 0.715. The van der Waals surface area contributed by atoms with Crippen molar-refractivity contribution in [2.75, 3.05) is 24.5 Å². The van der Waals surface area contributed by atoms with Gasteiger partial charge in [-0.25, -0.2) is 23.5 Å². The van der Waals surface area contributed by atoms with E-state index in [0.717, 1.165) is 29.7 Å². The van der Waals surface area contributed by atoms with Gasteiger partial charge in [0, 0.05) is 37.4 Å². The quantitative estimate of drug-likeness (QED) is 0.247. The molecule has 1 unspecified atom stereocenters. The second kappa shape index (κ2) is 11.5. The summed E-state index contributed by atoms with van der Waals surface area (Å²) in [6.07, 6.45) is 3.36. The minimum Gasteiger partial charge on any atom is -0.444 e. The number of hydrogen-bond donors (Lipinski definition) is 0. The minimum atomic E-state index is -0.597. The van der Waals surface area contributed by atoms with Gasteiger partial charge in [-0.05, 0) is 94.7 Å². The third kappa shape index (κ3) is 5.90. The number of carbonyl (C=O) groups excluding carboxylic acids is 1. The first kappa shape index (κ1) is 30.7. The normalized spacial score (nSPS) is 17.3. The number of rotatable bonds is 5. The summed E-state index contributed by atoms with van der Waals surface area (Å²) in [4.78, 5) is 45.4. The number of aromatic nitrogens is 4. The molecule has 10 heteroatoms. The molecule has 4 heterocycles. The zero-order valence-corrected chi connectivity index (χ0v) is 27.1. The molecule has 1 amide bonds. The summed E-state index contributed by atoms with van der Waals surface area (Å²) in [5.41, 5.74) is 3.51. The molecule has 4 aromatic rings. The molecule has 45 heavy (non-hydrogen) atoms. The minimum absolute atomic E-state index is 0.0271. The standard InChI is InChI=1S/C35H41FN6O3/c1-20(2)28-30(21(3)14-15-37-28)42-32-26(18-25(23-12-13-23)29(38-32)24-10-8-9-11-27(24)36)31(39-33(42)43)41-17-16-40(19-22(41)4)34(44)45-35(5,6)7/h8-11,14-15,18,20,22-23H,12-13,16-17,19H2,1-7H3. The number of piperazine rings is 1. The number of carbonyl (C=O) groups is 1. The van der Waals surface area contributed by atoms with Crippen LogP contribution in [-0.4, -0.2) is 61.8 Å². The Hall–Kier alpha value is -4.34. The van der Waals surface area contributed by atoms with Crippen LogP contribution < -0.4 is 10.6 Å². The van der Waals surface area contributed by atoms with E-state index >= 15 is 4.39 Å². The Kier molecular flexibility index (Phi) is 7.87. The number of anilines is 1. The topological polar surface area (TPSA) is 93.5 Å². The van der Waals surface area contributed by atoms with Crippen molar-refractivity contribution >= 4 is 22.9 Å². The lowest BCUT2D eigenvalue weighted by molar-refractivity contribution is 0.0218. The van der Waals surface area contributed by atoms with Crippen LogP contribution in [0.15, 0.2) is 47.4 Å². The van der Waals surface area contributed by atoms with Crippen LogP contribution in [0.2, 0.25) is 0 Å². The Morgan fingerprint density at radius 2 is 1.82 bits per heavy atom. The number of halogens is 1. The summed E-state index contributed by atoms with van der Waals surface area (Å²) < 4.78 is 22.5. The van der Waals surface area contributed by atoms with Gasteiger partial charge in [0.2, 0.25) is 0 Å². The van der Waals surface area contributed by atoms with Gasteiger partial charge in [0.1, 0.15) is 17.2 Å². The number of nitrogens with zero attached hydrogens (tertiary/aromatic N) is 6. The van der Waals surface area contributed by atoms with Gasteiger partial charge in [0.05, 0.1) is 22.5 Å². The first-order valence-electron chi connectivity index (χ1n) is 15.8. The van der Waals surface area contributed by atoms with Crippen LogP contribution in [0.4, 0.5) is 15.0 Å². The monoisotopic (exact) mass is 612 g/mol. The highest BCUT2D eigenvalue weighted by Crippen LogP contribution is 2.46. The van der Waals surface area contributed by atoms with Crippen molar-refractivity contribution in [2.24, 2.45) is 0 Å². The van der Waals surface area contributed by atoms with Crippen molar-refractivity contribution in [3.05, 3.63) is 75.7 Å². The molecule has 1 aromatic carbocycles. The largest absolute Gasteiger partial charge is 0.444 e. The maximum Gasteiger partial charge on any atom is 0.410 e. The van der Waals surface area contributed by atoms with Crippen LogP contribution in [-0.2, 0) is 4.74 Å². The van der Waals surface area contributed by atoms with E-state index in [0.29, 0.717) is 53.4 Å². The number of pyridine rings is 2. The Morgan fingerprint density at radius 3 is 2.47 bits per heavy atom. The fraction of sp³-hybridized carbons (Fsp3) is 0.457. The fourth-order valence-electron chi connectivity index (χ4n) is 6.19. The highest BCUT2D eigenvalue weighted by Gasteiger charge is 2.34. The summed E-state index contributed by atoms with van der Waals surface area (Å²) in [7, 11) is 0. The van der Waals surface area contributed by atoms with Gasteiger partial charge in [-0.1, -0.05) is 26.0 Å². The molecular weight excluding hydrogens is 571 g/mol. The third-order valence-electron chi connectivity index (χ3n) is 8.50. The summed E-state index contributed by atoms with van der Waals surface area (Å²) in [5.74, 6) is 0.434. The lowest BCUT2D eigenvalue weighted by Crippen LogP contribution is -2.55. The zero-order valence-electron chi connectivity index (χ0n) is 27.1. The Labute approximate surface area is 263 Å². The van der Waals surface area contributed by atoms with Crippen LogP contribution in [0, 0.1) is 12.7 Å². The van der Waals surface area contributed by atoms with Crippen molar-refractivity contribution in [1.82, 2.24) is 24.4 Å². The van der Waals surface area contributed by atoms with Crippen molar-refractivity contribution in [3.63, 3.8) is 0 Å². The molecule has 1 atom stereocenters. The van der Waals surface area contributed by atoms with Crippen molar-refractivity contribution in [1.29, 1.82) is 0 Å². The number of ether oxygens (including phenoxy) is 1. The van der Waals surface area contributed by atoms with Crippen LogP contribution in [0.5, 0.6) is 0 Å². The summed E-state index contributed by atoms with van der Waals surface area (Å²) >= 11 is 0. The van der Waals surface area contributed by atoms with Gasteiger partial charge in [0.25, 0.3) is 0 Å². The van der Waals surface area contributed by atoms with Crippen LogP contribution in [0.1, 0.15) is 83.0 Å². The van der Waals surface area contributed by atoms with Gasteiger partial charge in [-0.2, -0.15) is 4.98 Å². The highest BCUT2D eigenvalue weighted by atomic mass is 19.1. The molecule has 0 bridgehead atoms. The van der Waals surface area contributed by atoms with E-state index in [9.17, 15) is 9.59 Å². The van der Waals surface area contributed by atoms with E-state index in [4.69, 9.17) is 14.7 Å². The number of amides is 1. The van der Waals surface area contributed by atoms with E-state index in [-0.39, 0.29) is 29.8 Å². The summed E-state index contributed by atoms with van der Waals surface area (Å²) in [6, 6.07) is 10.4. The first-order chi connectivity index (χ1) is 21.3. The molecule has 2 fully saturated rings. The second-order valence-electron chi connectivity index (χ2n) is 13.6. The average Bonchev–Trinajstić information content (AvgIpc) is 3.82. The fourth-order valence-corrected chi connectivity index (χ4v) is 6.19. The molecule has 1 saturated carbocycles. The first-order valence-corrected chi connectivity index (χ1v) is 15.8. The van der Waals surface area contributed by atoms with Crippen molar-refractivity contribution < 1.29 is 13.9 Å². The van der Waals surface area contributed by atoms with Gasteiger partial charge < -0.3 is 14.5 Å². The highest BCUT2D eigenvalue weighted by molar-refractivity contribution is 5.92. The van der Waals surface area contributed by atoms with E-state index in [1.807, 2.05) is 54.5 Å². The molecule has 3 aromatic heterocycles. The van der Waals surface area contributed by atoms with Crippen LogP contribution in [0.3, 0.4) is 0 Å². The van der Waals surface area contributed by atoms with Gasteiger partial charge in [-0.15, -0.1) is 0 Å². The number of hydrogen-bond acceptors (Lipinski definition) is 7. The molecular formula is C35H41FN6O3. The number of aryl methyl sites for hydroxylation is 1. The lowest BCUT2D eigenvalue weighted by atomic mass is 9.99. The smallest absolute Gasteiger partial charge is 0.410 e. The van der Waals surface area contributed by atoms with E-state index in [1.165, 1.54) is 6.07 Å². The molecule has 1 aliphatic carbocycles. The SMILES string of the molecule is Cc1ccnc(C(C)C)c1-n1c(=O)nc(N2CCN(C(=O)OC(C)(C)C)CC2C)c2cc(C3CC3)c(-c3ccccc3F)nc21. The van der Waals surface area contributed by atoms with Gasteiger partial charge >= 0.3 is 11.8 Å². The lowest BCUT2D eigenvalue weighted by Gasteiger charge is -2.41. The zero-order chi connectivity index (χ0) is 32.2. The van der Waals surface area contributed by atoms with Crippen LogP contribution in [0.25, 0.3) is 28.0 Å². The van der Waals surface area contributed by atoms with Gasteiger partial charge in [0.15, 0.2) is 5.65 Å². The molecule has 1 aliphatic heterocycles. The number of benzene rings is 1. The molecule has 1 saturated heterocycles. The Balaban J connectivity index is 1.58. The molecule has 0 spiro atoms.